The zero-order valence-corrected chi connectivity index (χ0v) is 14.9. The van der Waals surface area contributed by atoms with E-state index >= 15 is 0 Å². The third-order valence-electron chi connectivity index (χ3n) is 3.99. The topological polar surface area (TPSA) is 40.5 Å². The lowest BCUT2D eigenvalue weighted by Gasteiger charge is -2.29. The lowest BCUT2D eigenvalue weighted by molar-refractivity contribution is -0.128. The molecule has 3 nitrogen and oxygen atoms in total. The van der Waals surface area contributed by atoms with Crippen molar-refractivity contribution in [3.8, 4) is 0 Å². The first-order chi connectivity index (χ1) is 11.1. The van der Waals surface area contributed by atoms with Gasteiger partial charge in [-0.25, -0.2) is 0 Å². The van der Waals surface area contributed by atoms with E-state index in [1.54, 1.807) is 11.0 Å². The lowest BCUT2D eigenvalue weighted by Crippen LogP contribution is -2.41. The standard InChI is InChI=1S/C19H27NO2S/c1-15(2)11-13-23-18-8-4-3-6-16(18)9-10-19(22)20-12-5-7-17(21)14-20/h3-4,6,8-10,15,17,21H,5,7,11-14H2,1-2H3. The Morgan fingerprint density at radius 1 is 1.43 bits per heavy atom. The van der Waals surface area contributed by atoms with Gasteiger partial charge in [0.2, 0.25) is 5.91 Å². The molecule has 1 atom stereocenters. The highest BCUT2D eigenvalue weighted by atomic mass is 32.2. The van der Waals surface area contributed by atoms with Crippen LogP contribution in [-0.2, 0) is 4.79 Å². The van der Waals surface area contributed by atoms with Gasteiger partial charge in [0.1, 0.15) is 0 Å². The van der Waals surface area contributed by atoms with Crippen molar-refractivity contribution in [2.75, 3.05) is 18.8 Å². The second-order valence-corrected chi connectivity index (χ2v) is 7.62. The first-order valence-electron chi connectivity index (χ1n) is 8.43. The summed E-state index contributed by atoms with van der Waals surface area (Å²) >= 11 is 1.85. The van der Waals surface area contributed by atoms with Crippen LogP contribution in [-0.4, -0.2) is 40.9 Å². The third kappa shape index (κ3) is 6.04. The number of rotatable bonds is 6. The van der Waals surface area contributed by atoms with Gasteiger partial charge in [0.25, 0.3) is 0 Å². The van der Waals surface area contributed by atoms with Gasteiger partial charge in [0, 0.05) is 24.1 Å². The van der Waals surface area contributed by atoms with Crippen molar-refractivity contribution >= 4 is 23.7 Å². The fraction of sp³-hybridized carbons (Fsp3) is 0.526. The quantitative estimate of drug-likeness (QED) is 0.635. The number of aliphatic hydroxyl groups excluding tert-OH is 1. The van der Waals surface area contributed by atoms with Crippen molar-refractivity contribution in [2.45, 2.75) is 44.1 Å². The Balaban J connectivity index is 1.97. The lowest BCUT2D eigenvalue weighted by atomic mass is 10.1. The zero-order valence-electron chi connectivity index (χ0n) is 14.1. The maximum absolute atomic E-state index is 12.3. The predicted molar refractivity (Wildman–Crippen MR) is 97.5 cm³/mol. The average molecular weight is 333 g/mol. The summed E-state index contributed by atoms with van der Waals surface area (Å²) in [5.74, 6) is 1.79. The number of amides is 1. The Morgan fingerprint density at radius 2 is 2.22 bits per heavy atom. The Morgan fingerprint density at radius 3 is 2.96 bits per heavy atom. The number of β-amino-alcohol motifs (C(OH)–C–C–N with tert-alkyl or cyclic N) is 1. The molecule has 1 aliphatic heterocycles. The van der Waals surface area contributed by atoms with Crippen LogP contribution in [0.2, 0.25) is 0 Å². The molecule has 1 aromatic carbocycles. The van der Waals surface area contributed by atoms with Crippen molar-refractivity contribution in [2.24, 2.45) is 5.92 Å². The van der Waals surface area contributed by atoms with Gasteiger partial charge in [0.05, 0.1) is 6.10 Å². The molecule has 1 saturated heterocycles. The molecule has 0 aliphatic carbocycles. The molecular weight excluding hydrogens is 306 g/mol. The summed E-state index contributed by atoms with van der Waals surface area (Å²) in [6.07, 6.45) is 6.03. The van der Waals surface area contributed by atoms with Gasteiger partial charge in [0.15, 0.2) is 0 Å². The Labute approximate surface area is 143 Å². The minimum atomic E-state index is -0.375. The monoisotopic (exact) mass is 333 g/mol. The molecule has 4 heteroatoms. The molecule has 0 bridgehead atoms. The van der Waals surface area contributed by atoms with Crippen molar-refractivity contribution in [3.05, 3.63) is 35.9 Å². The molecule has 1 aromatic rings. The SMILES string of the molecule is CC(C)CCSc1ccccc1C=CC(=O)N1CCCC(O)C1. The molecule has 1 fully saturated rings. The fourth-order valence-electron chi connectivity index (χ4n) is 2.58. The van der Waals surface area contributed by atoms with Crippen LogP contribution in [0.5, 0.6) is 0 Å². The zero-order chi connectivity index (χ0) is 16.7. The summed E-state index contributed by atoms with van der Waals surface area (Å²) in [6.45, 7) is 5.66. The summed E-state index contributed by atoms with van der Waals surface area (Å²) < 4.78 is 0. The van der Waals surface area contributed by atoms with Gasteiger partial charge in [-0.3, -0.25) is 4.79 Å². The van der Waals surface area contributed by atoms with Crippen molar-refractivity contribution < 1.29 is 9.90 Å². The van der Waals surface area contributed by atoms with Crippen LogP contribution in [0.4, 0.5) is 0 Å². The maximum Gasteiger partial charge on any atom is 0.246 e. The summed E-state index contributed by atoms with van der Waals surface area (Å²) in [4.78, 5) is 15.2. The molecule has 0 saturated carbocycles. The van der Waals surface area contributed by atoms with Gasteiger partial charge in [-0.1, -0.05) is 32.0 Å². The van der Waals surface area contributed by atoms with E-state index in [0.717, 1.165) is 30.7 Å². The fourth-order valence-corrected chi connectivity index (χ4v) is 3.86. The van der Waals surface area contributed by atoms with Crippen molar-refractivity contribution in [1.29, 1.82) is 0 Å². The van der Waals surface area contributed by atoms with E-state index in [9.17, 15) is 9.90 Å². The van der Waals surface area contributed by atoms with E-state index in [1.807, 2.05) is 36.0 Å². The molecule has 1 amide bonds. The number of aliphatic hydroxyl groups is 1. The van der Waals surface area contributed by atoms with Gasteiger partial charge in [-0.15, -0.1) is 11.8 Å². The second kappa shape index (κ2) is 9.14. The number of carbonyl (C=O) groups is 1. The van der Waals surface area contributed by atoms with Crippen LogP contribution in [0.3, 0.4) is 0 Å². The molecule has 23 heavy (non-hydrogen) atoms. The maximum atomic E-state index is 12.3. The van der Waals surface area contributed by atoms with E-state index in [0.29, 0.717) is 12.5 Å². The number of benzene rings is 1. The number of hydrogen-bond donors (Lipinski definition) is 1. The Hall–Kier alpha value is -1.26. The van der Waals surface area contributed by atoms with Crippen LogP contribution in [0.15, 0.2) is 35.2 Å². The molecule has 1 N–H and O–H groups in total. The highest BCUT2D eigenvalue weighted by molar-refractivity contribution is 7.99. The first kappa shape index (κ1) is 18.1. The Kier molecular flexibility index (Phi) is 7.18. The summed E-state index contributed by atoms with van der Waals surface area (Å²) in [7, 11) is 0. The molecule has 0 spiro atoms. The second-order valence-electron chi connectivity index (χ2n) is 6.48. The molecular formula is C19H27NO2S. The van der Waals surface area contributed by atoms with E-state index in [4.69, 9.17) is 0 Å². The number of piperidine rings is 1. The van der Waals surface area contributed by atoms with Crippen LogP contribution < -0.4 is 0 Å². The number of nitrogens with zero attached hydrogens (tertiary/aromatic N) is 1. The minimum Gasteiger partial charge on any atom is -0.391 e. The summed E-state index contributed by atoms with van der Waals surface area (Å²) in [6, 6.07) is 8.20. The summed E-state index contributed by atoms with van der Waals surface area (Å²) in [5, 5.41) is 9.68. The van der Waals surface area contributed by atoms with E-state index in [-0.39, 0.29) is 12.0 Å². The number of hydrogen-bond acceptors (Lipinski definition) is 3. The van der Waals surface area contributed by atoms with E-state index < -0.39 is 0 Å². The normalized spacial score (nSPS) is 18.8. The molecule has 1 unspecified atom stereocenters. The van der Waals surface area contributed by atoms with Crippen molar-refractivity contribution in [3.63, 3.8) is 0 Å². The van der Waals surface area contributed by atoms with Crippen molar-refractivity contribution in [1.82, 2.24) is 4.90 Å². The van der Waals surface area contributed by atoms with Crippen LogP contribution in [0.25, 0.3) is 6.08 Å². The Bertz CT molecular complexity index is 542. The largest absolute Gasteiger partial charge is 0.391 e. The summed E-state index contributed by atoms with van der Waals surface area (Å²) in [5.41, 5.74) is 1.09. The first-order valence-corrected chi connectivity index (χ1v) is 9.41. The van der Waals surface area contributed by atoms with Crippen LogP contribution in [0.1, 0.15) is 38.7 Å². The van der Waals surface area contributed by atoms with Crippen LogP contribution >= 0.6 is 11.8 Å². The third-order valence-corrected chi connectivity index (χ3v) is 5.11. The molecule has 1 aliphatic rings. The molecule has 0 radical (unpaired) electrons. The smallest absolute Gasteiger partial charge is 0.246 e. The van der Waals surface area contributed by atoms with Gasteiger partial charge >= 0.3 is 0 Å². The van der Waals surface area contributed by atoms with E-state index in [2.05, 4.69) is 19.9 Å². The minimum absolute atomic E-state index is 0.00858. The molecule has 0 aromatic heterocycles. The number of carbonyl (C=O) groups excluding carboxylic acids is 1. The highest BCUT2D eigenvalue weighted by Crippen LogP contribution is 2.25. The average Bonchev–Trinajstić information content (AvgIpc) is 2.53. The van der Waals surface area contributed by atoms with Gasteiger partial charge in [-0.05, 0) is 48.6 Å². The van der Waals surface area contributed by atoms with E-state index in [1.165, 1.54) is 11.3 Å². The van der Waals surface area contributed by atoms with Gasteiger partial charge < -0.3 is 10.0 Å². The predicted octanol–water partition coefficient (Wildman–Crippen LogP) is 3.82. The molecule has 2 rings (SSSR count). The number of thioether (sulfide) groups is 1. The van der Waals surface area contributed by atoms with Crippen LogP contribution in [0, 0.1) is 5.92 Å². The number of likely N-dealkylation sites (tertiary alicyclic amines) is 1. The molecule has 1 heterocycles. The highest BCUT2D eigenvalue weighted by Gasteiger charge is 2.20. The van der Waals surface area contributed by atoms with Gasteiger partial charge in [-0.2, -0.15) is 0 Å². The molecule has 126 valence electrons.